The van der Waals surface area contributed by atoms with Crippen LogP contribution in [-0.2, 0) is 4.74 Å². The molecule has 5 nitrogen and oxygen atoms in total. The Kier molecular flexibility index (Phi) is 9.39. The van der Waals surface area contributed by atoms with Gasteiger partial charge in [0, 0.05) is 66.0 Å². The van der Waals surface area contributed by atoms with Gasteiger partial charge in [-0.05, 0) is 20.6 Å². The van der Waals surface area contributed by atoms with Crippen LogP contribution in [-0.4, -0.2) is 113 Å². The molecular formula is C15H34N4O. The highest BCUT2D eigenvalue weighted by molar-refractivity contribution is 4.68. The topological polar surface area (TPSA) is 22.2 Å². The summed E-state index contributed by atoms with van der Waals surface area (Å²) >= 11 is 0. The third-order valence-electron chi connectivity index (χ3n) is 4.25. The van der Waals surface area contributed by atoms with Crippen molar-refractivity contribution in [1.29, 1.82) is 0 Å². The Morgan fingerprint density at radius 3 is 1.60 bits per heavy atom. The summed E-state index contributed by atoms with van der Waals surface area (Å²) in [4.78, 5) is 9.68. The SMILES string of the molecule is CCN1CCN(C)CC1.COCCN1CCN(C)CC1. The van der Waals surface area contributed by atoms with Crippen LogP contribution >= 0.6 is 0 Å². The van der Waals surface area contributed by atoms with Gasteiger partial charge in [-0.3, -0.25) is 4.90 Å². The van der Waals surface area contributed by atoms with E-state index in [9.17, 15) is 0 Å². The van der Waals surface area contributed by atoms with Crippen molar-refractivity contribution in [3.05, 3.63) is 0 Å². The summed E-state index contributed by atoms with van der Waals surface area (Å²) in [6, 6.07) is 0. The van der Waals surface area contributed by atoms with Gasteiger partial charge in [-0.25, -0.2) is 0 Å². The fourth-order valence-electron chi connectivity index (χ4n) is 2.46. The van der Waals surface area contributed by atoms with Crippen LogP contribution in [0.4, 0.5) is 0 Å². The Balaban J connectivity index is 0.000000204. The molecule has 2 aliphatic rings. The second-order valence-corrected chi connectivity index (χ2v) is 5.88. The highest BCUT2D eigenvalue weighted by Gasteiger charge is 2.12. The van der Waals surface area contributed by atoms with E-state index in [0.717, 1.165) is 13.2 Å². The lowest BCUT2D eigenvalue weighted by atomic mass is 10.3. The molecular weight excluding hydrogens is 252 g/mol. The van der Waals surface area contributed by atoms with E-state index in [1.165, 1.54) is 58.9 Å². The number of rotatable bonds is 4. The smallest absolute Gasteiger partial charge is 0.0589 e. The molecule has 5 heteroatoms. The van der Waals surface area contributed by atoms with Crippen LogP contribution in [0, 0.1) is 0 Å². The van der Waals surface area contributed by atoms with E-state index in [-0.39, 0.29) is 0 Å². The lowest BCUT2D eigenvalue weighted by Crippen LogP contribution is -2.45. The zero-order chi connectivity index (χ0) is 14.8. The van der Waals surface area contributed by atoms with Gasteiger partial charge in [0.15, 0.2) is 0 Å². The molecule has 0 saturated carbocycles. The number of hydrogen-bond acceptors (Lipinski definition) is 5. The van der Waals surface area contributed by atoms with Gasteiger partial charge in [-0.15, -0.1) is 0 Å². The first kappa shape index (κ1) is 17.9. The molecule has 0 unspecified atom stereocenters. The maximum Gasteiger partial charge on any atom is 0.0589 e. The van der Waals surface area contributed by atoms with Crippen LogP contribution in [0.2, 0.25) is 0 Å². The third-order valence-corrected chi connectivity index (χ3v) is 4.25. The third kappa shape index (κ3) is 7.55. The average Bonchev–Trinajstić information content (AvgIpc) is 2.48. The molecule has 0 aromatic carbocycles. The van der Waals surface area contributed by atoms with Crippen molar-refractivity contribution in [2.24, 2.45) is 0 Å². The summed E-state index contributed by atoms with van der Waals surface area (Å²) in [5, 5.41) is 0. The summed E-state index contributed by atoms with van der Waals surface area (Å²) in [6.07, 6.45) is 0. The highest BCUT2D eigenvalue weighted by atomic mass is 16.5. The van der Waals surface area contributed by atoms with Gasteiger partial charge in [0.2, 0.25) is 0 Å². The molecule has 2 fully saturated rings. The van der Waals surface area contributed by atoms with Crippen LogP contribution in [0.5, 0.6) is 0 Å². The van der Waals surface area contributed by atoms with Gasteiger partial charge in [-0.2, -0.15) is 0 Å². The van der Waals surface area contributed by atoms with Crippen molar-refractivity contribution in [2.45, 2.75) is 6.92 Å². The normalized spacial score (nSPS) is 23.4. The molecule has 0 radical (unpaired) electrons. The molecule has 120 valence electrons. The van der Waals surface area contributed by atoms with Crippen molar-refractivity contribution in [3.63, 3.8) is 0 Å². The Morgan fingerprint density at radius 1 is 0.750 bits per heavy atom. The van der Waals surface area contributed by atoms with Crippen molar-refractivity contribution in [2.75, 3.05) is 93.3 Å². The van der Waals surface area contributed by atoms with E-state index < -0.39 is 0 Å². The highest BCUT2D eigenvalue weighted by Crippen LogP contribution is 1.98. The summed E-state index contributed by atoms with van der Waals surface area (Å²) < 4.78 is 5.02. The van der Waals surface area contributed by atoms with Crippen LogP contribution in [0.1, 0.15) is 6.92 Å². The van der Waals surface area contributed by atoms with Crippen molar-refractivity contribution < 1.29 is 4.74 Å². The molecule has 0 bridgehead atoms. The van der Waals surface area contributed by atoms with Crippen LogP contribution < -0.4 is 0 Å². The Hall–Kier alpha value is -0.200. The molecule has 2 aliphatic heterocycles. The quantitative estimate of drug-likeness (QED) is 0.731. The first-order valence-electron chi connectivity index (χ1n) is 7.96. The van der Waals surface area contributed by atoms with Crippen molar-refractivity contribution >= 4 is 0 Å². The summed E-state index contributed by atoms with van der Waals surface area (Å²) in [5.74, 6) is 0. The number of nitrogens with zero attached hydrogens (tertiary/aromatic N) is 4. The molecule has 0 aliphatic carbocycles. The first-order chi connectivity index (χ1) is 9.65. The number of ether oxygens (including phenoxy) is 1. The monoisotopic (exact) mass is 286 g/mol. The number of methoxy groups -OCH3 is 1. The fourth-order valence-corrected chi connectivity index (χ4v) is 2.46. The second kappa shape index (κ2) is 10.5. The molecule has 0 atom stereocenters. The van der Waals surface area contributed by atoms with Gasteiger partial charge >= 0.3 is 0 Å². The predicted molar refractivity (Wildman–Crippen MR) is 85.4 cm³/mol. The largest absolute Gasteiger partial charge is 0.383 e. The maximum absolute atomic E-state index is 5.02. The maximum atomic E-state index is 5.02. The molecule has 0 aromatic heterocycles. The molecule has 0 amide bonds. The zero-order valence-electron chi connectivity index (χ0n) is 14.0. The number of likely N-dealkylation sites (N-methyl/N-ethyl adjacent to an activating group) is 3. The first-order valence-corrected chi connectivity index (χ1v) is 7.96. The zero-order valence-corrected chi connectivity index (χ0v) is 14.0. The Bertz CT molecular complexity index is 221. The summed E-state index contributed by atoms with van der Waals surface area (Å²) in [5.41, 5.74) is 0. The van der Waals surface area contributed by atoms with Gasteiger partial charge < -0.3 is 19.4 Å². The molecule has 20 heavy (non-hydrogen) atoms. The molecule has 2 saturated heterocycles. The van der Waals surface area contributed by atoms with Gasteiger partial charge in [0.25, 0.3) is 0 Å². The number of hydrogen-bond donors (Lipinski definition) is 0. The molecule has 0 aromatic rings. The van der Waals surface area contributed by atoms with E-state index in [0.29, 0.717) is 0 Å². The second-order valence-electron chi connectivity index (χ2n) is 5.88. The summed E-state index contributed by atoms with van der Waals surface area (Å²) in [7, 11) is 6.12. The Morgan fingerprint density at radius 2 is 1.20 bits per heavy atom. The van der Waals surface area contributed by atoms with E-state index in [1.807, 2.05) is 0 Å². The minimum atomic E-state index is 0.865. The van der Waals surface area contributed by atoms with Gasteiger partial charge in [0.1, 0.15) is 0 Å². The Labute approximate surface area is 125 Å². The number of piperazine rings is 2. The molecule has 2 rings (SSSR count). The average molecular weight is 286 g/mol. The van der Waals surface area contributed by atoms with E-state index in [1.54, 1.807) is 7.11 Å². The fraction of sp³-hybridized carbons (Fsp3) is 1.00. The van der Waals surface area contributed by atoms with Gasteiger partial charge in [0.05, 0.1) is 6.61 Å². The van der Waals surface area contributed by atoms with E-state index in [2.05, 4.69) is 40.6 Å². The van der Waals surface area contributed by atoms with Gasteiger partial charge in [-0.1, -0.05) is 6.92 Å². The lowest BCUT2D eigenvalue weighted by Gasteiger charge is -2.31. The standard InChI is InChI=1S/C8H18N2O.C7H16N2/c1-9-3-5-10(6-4-9)7-8-11-2;1-3-9-6-4-8(2)5-7-9/h3-8H2,1-2H3;3-7H2,1-2H3. The lowest BCUT2D eigenvalue weighted by molar-refractivity contribution is 0.108. The van der Waals surface area contributed by atoms with Crippen molar-refractivity contribution in [3.8, 4) is 0 Å². The minimum Gasteiger partial charge on any atom is -0.383 e. The predicted octanol–water partition coefficient (Wildman–Crippen LogP) is 0.134. The van der Waals surface area contributed by atoms with Crippen LogP contribution in [0.15, 0.2) is 0 Å². The summed E-state index contributed by atoms with van der Waals surface area (Å²) in [6.45, 7) is 15.2. The molecule has 2 heterocycles. The molecule has 0 spiro atoms. The van der Waals surface area contributed by atoms with Crippen LogP contribution in [0.3, 0.4) is 0 Å². The minimum absolute atomic E-state index is 0.865. The van der Waals surface area contributed by atoms with Crippen LogP contribution in [0.25, 0.3) is 0 Å². The van der Waals surface area contributed by atoms with Crippen molar-refractivity contribution in [1.82, 2.24) is 19.6 Å². The van der Waals surface area contributed by atoms with E-state index >= 15 is 0 Å². The molecule has 0 N–H and O–H groups in total. The van der Waals surface area contributed by atoms with E-state index in [4.69, 9.17) is 4.74 Å².